The number of nitrogens with zero attached hydrogens (tertiary/aromatic N) is 3. The summed E-state index contributed by atoms with van der Waals surface area (Å²) < 4.78 is 28.3. The third-order valence-electron chi connectivity index (χ3n) is 6.68. The molecule has 214 valence electrons. The first kappa shape index (κ1) is 30.9. The fraction of sp³-hybridized carbons (Fsp3) is 0.517. The number of carbonyl (C=O) groups is 2. The summed E-state index contributed by atoms with van der Waals surface area (Å²) in [5.41, 5.74) is 1.49. The van der Waals surface area contributed by atoms with Crippen LogP contribution in [0.5, 0.6) is 0 Å². The lowest BCUT2D eigenvalue weighted by Crippen LogP contribution is -2.54. The molecule has 0 unspecified atom stereocenters. The van der Waals surface area contributed by atoms with E-state index >= 15 is 0 Å². The Morgan fingerprint density at radius 3 is 2.28 bits per heavy atom. The molecule has 0 bridgehead atoms. The highest BCUT2D eigenvalue weighted by Gasteiger charge is 2.33. The monoisotopic (exact) mass is 576 g/mol. The van der Waals surface area contributed by atoms with Gasteiger partial charge in [0.1, 0.15) is 0 Å². The number of piperidine rings is 1. The molecule has 0 aromatic heterocycles. The van der Waals surface area contributed by atoms with Crippen molar-refractivity contribution in [2.45, 2.75) is 76.9 Å². The molecule has 1 fully saturated rings. The van der Waals surface area contributed by atoms with E-state index in [1.807, 2.05) is 52.8 Å². The van der Waals surface area contributed by atoms with Gasteiger partial charge in [-0.05, 0) is 76.8 Å². The quantitative estimate of drug-likeness (QED) is 0.452. The molecule has 1 heterocycles. The van der Waals surface area contributed by atoms with Gasteiger partial charge in [-0.25, -0.2) is 13.2 Å². The molecule has 1 saturated heterocycles. The van der Waals surface area contributed by atoms with E-state index in [0.29, 0.717) is 43.9 Å². The molecule has 10 heteroatoms. The van der Waals surface area contributed by atoms with E-state index in [4.69, 9.17) is 11.6 Å². The molecule has 0 saturated carbocycles. The number of sulfonamides is 1. The summed E-state index contributed by atoms with van der Waals surface area (Å²) in [4.78, 5) is 30.2. The number of amides is 3. The summed E-state index contributed by atoms with van der Waals surface area (Å²) in [5.74, 6) is -0.267. The second-order valence-electron chi connectivity index (χ2n) is 11.2. The van der Waals surface area contributed by atoms with Gasteiger partial charge < -0.3 is 15.1 Å². The van der Waals surface area contributed by atoms with Gasteiger partial charge in [0.15, 0.2) is 0 Å². The smallest absolute Gasteiger partial charge is 0.317 e. The molecule has 8 nitrogen and oxygen atoms in total. The van der Waals surface area contributed by atoms with Crippen LogP contribution in [0.1, 0.15) is 58.1 Å². The first-order valence-electron chi connectivity index (χ1n) is 13.5. The third-order valence-corrected chi connectivity index (χ3v) is 8.77. The van der Waals surface area contributed by atoms with Crippen molar-refractivity contribution in [2.24, 2.45) is 0 Å². The molecular formula is C29H41ClN4O4S. The third kappa shape index (κ3) is 8.68. The first-order valence-corrected chi connectivity index (χ1v) is 15.3. The number of benzene rings is 2. The molecule has 0 aliphatic carbocycles. The molecule has 1 aliphatic heterocycles. The summed E-state index contributed by atoms with van der Waals surface area (Å²) in [5, 5.41) is 3.57. The van der Waals surface area contributed by atoms with E-state index in [-0.39, 0.29) is 41.5 Å². The lowest BCUT2D eigenvalue weighted by molar-refractivity contribution is -0.135. The Morgan fingerprint density at radius 2 is 1.72 bits per heavy atom. The highest BCUT2D eigenvalue weighted by Crippen LogP contribution is 2.23. The molecule has 0 atom stereocenters. The van der Waals surface area contributed by atoms with Gasteiger partial charge in [0, 0.05) is 42.8 Å². The first-order chi connectivity index (χ1) is 18.3. The Hall–Kier alpha value is -2.62. The summed E-state index contributed by atoms with van der Waals surface area (Å²) in [6.07, 6.45) is 1.78. The maximum absolute atomic E-state index is 13.8. The Morgan fingerprint density at radius 1 is 1.08 bits per heavy atom. The van der Waals surface area contributed by atoms with Crippen LogP contribution in [-0.2, 0) is 21.4 Å². The summed E-state index contributed by atoms with van der Waals surface area (Å²) in [6.45, 7) is 10.9. The van der Waals surface area contributed by atoms with Gasteiger partial charge in [-0.2, -0.15) is 4.31 Å². The zero-order chi connectivity index (χ0) is 28.8. The molecule has 2 aromatic carbocycles. The van der Waals surface area contributed by atoms with Crippen LogP contribution in [0.3, 0.4) is 0 Å². The second kappa shape index (κ2) is 13.2. The van der Waals surface area contributed by atoms with Gasteiger partial charge in [-0.1, -0.05) is 48.4 Å². The van der Waals surface area contributed by atoms with E-state index in [9.17, 15) is 18.0 Å². The number of halogens is 1. The topological polar surface area (TPSA) is 90.0 Å². The average molecular weight is 577 g/mol. The fourth-order valence-electron chi connectivity index (χ4n) is 4.67. The SMILES string of the molecule is CCCN(CC(=O)N(Cc1cccc(Cl)c1)C1CCN(C(=O)NC(C)(C)C)CC1)S(=O)(=O)c1ccc(C)cc1. The van der Waals surface area contributed by atoms with Gasteiger partial charge in [0.05, 0.1) is 11.4 Å². The fourth-order valence-corrected chi connectivity index (χ4v) is 6.36. The van der Waals surface area contributed by atoms with Gasteiger partial charge in [-0.3, -0.25) is 4.79 Å². The van der Waals surface area contributed by atoms with Crippen LogP contribution in [0.2, 0.25) is 5.02 Å². The lowest BCUT2D eigenvalue weighted by Gasteiger charge is -2.40. The molecular weight excluding hydrogens is 536 g/mol. The molecule has 1 N–H and O–H groups in total. The Bertz CT molecular complexity index is 1240. The molecule has 0 spiro atoms. The highest BCUT2D eigenvalue weighted by molar-refractivity contribution is 7.89. The summed E-state index contributed by atoms with van der Waals surface area (Å²) in [7, 11) is -3.85. The maximum Gasteiger partial charge on any atom is 0.317 e. The minimum atomic E-state index is -3.85. The minimum absolute atomic E-state index is 0.119. The van der Waals surface area contributed by atoms with Crippen LogP contribution < -0.4 is 5.32 Å². The normalized spacial score (nSPS) is 14.9. The van der Waals surface area contributed by atoms with Crippen molar-refractivity contribution in [1.29, 1.82) is 0 Å². The number of urea groups is 1. The Balaban J connectivity index is 1.82. The van der Waals surface area contributed by atoms with Crippen molar-refractivity contribution in [2.75, 3.05) is 26.2 Å². The second-order valence-corrected chi connectivity index (χ2v) is 13.6. The summed E-state index contributed by atoms with van der Waals surface area (Å²) in [6, 6.07) is 13.8. The molecule has 3 amide bonds. The maximum atomic E-state index is 13.8. The highest BCUT2D eigenvalue weighted by atomic mass is 35.5. The Kier molecular flexibility index (Phi) is 10.4. The van der Waals surface area contributed by atoms with Gasteiger partial charge >= 0.3 is 6.03 Å². The minimum Gasteiger partial charge on any atom is -0.334 e. The number of likely N-dealkylation sites (tertiary alicyclic amines) is 1. The van der Waals surface area contributed by atoms with Crippen LogP contribution in [0, 0.1) is 6.92 Å². The van der Waals surface area contributed by atoms with E-state index in [2.05, 4.69) is 5.32 Å². The lowest BCUT2D eigenvalue weighted by atomic mass is 10.0. The van der Waals surface area contributed by atoms with Crippen LogP contribution in [-0.4, -0.2) is 72.2 Å². The van der Waals surface area contributed by atoms with E-state index in [1.54, 1.807) is 40.1 Å². The molecule has 3 rings (SSSR count). The van der Waals surface area contributed by atoms with E-state index < -0.39 is 10.0 Å². The predicted molar refractivity (Wildman–Crippen MR) is 155 cm³/mol. The zero-order valence-electron chi connectivity index (χ0n) is 23.6. The van der Waals surface area contributed by atoms with Crippen molar-refractivity contribution in [3.8, 4) is 0 Å². The summed E-state index contributed by atoms with van der Waals surface area (Å²) >= 11 is 6.22. The average Bonchev–Trinajstić information content (AvgIpc) is 2.86. The van der Waals surface area contributed by atoms with Crippen LogP contribution >= 0.6 is 11.6 Å². The van der Waals surface area contributed by atoms with Crippen molar-refractivity contribution in [1.82, 2.24) is 19.4 Å². The number of nitrogens with one attached hydrogen (secondary N) is 1. The van der Waals surface area contributed by atoms with Crippen LogP contribution in [0.4, 0.5) is 4.79 Å². The number of rotatable bonds is 9. The van der Waals surface area contributed by atoms with Crippen molar-refractivity contribution in [3.63, 3.8) is 0 Å². The number of carbonyl (C=O) groups excluding carboxylic acids is 2. The zero-order valence-corrected chi connectivity index (χ0v) is 25.2. The van der Waals surface area contributed by atoms with Crippen molar-refractivity contribution >= 4 is 33.6 Å². The van der Waals surface area contributed by atoms with E-state index in [0.717, 1.165) is 11.1 Å². The Labute approximate surface area is 238 Å². The van der Waals surface area contributed by atoms with Crippen LogP contribution in [0.15, 0.2) is 53.4 Å². The van der Waals surface area contributed by atoms with Crippen molar-refractivity contribution < 1.29 is 18.0 Å². The number of hydrogen-bond acceptors (Lipinski definition) is 4. The van der Waals surface area contributed by atoms with E-state index in [1.165, 1.54) is 4.31 Å². The van der Waals surface area contributed by atoms with Gasteiger partial charge in [-0.15, -0.1) is 0 Å². The molecule has 0 radical (unpaired) electrons. The molecule has 39 heavy (non-hydrogen) atoms. The van der Waals surface area contributed by atoms with Gasteiger partial charge in [0.25, 0.3) is 0 Å². The predicted octanol–water partition coefficient (Wildman–Crippen LogP) is 5.05. The largest absolute Gasteiger partial charge is 0.334 e. The van der Waals surface area contributed by atoms with Crippen LogP contribution in [0.25, 0.3) is 0 Å². The standard InChI is InChI=1S/C29H41ClN4O4S/c1-6-16-33(39(37,38)26-12-10-22(2)11-13-26)21-27(35)34(20-23-8-7-9-24(30)19-23)25-14-17-32(18-15-25)28(36)31-29(3,4)5/h7-13,19,25H,6,14-18,20-21H2,1-5H3,(H,31,36). The number of aryl methyl sites for hydroxylation is 1. The molecule has 2 aromatic rings. The molecule has 1 aliphatic rings. The van der Waals surface area contributed by atoms with Crippen molar-refractivity contribution in [3.05, 3.63) is 64.7 Å². The number of hydrogen-bond donors (Lipinski definition) is 1. The van der Waals surface area contributed by atoms with Gasteiger partial charge in [0.2, 0.25) is 15.9 Å².